The van der Waals surface area contributed by atoms with Gasteiger partial charge in [-0.2, -0.15) is 0 Å². The second-order valence-corrected chi connectivity index (χ2v) is 24.5. The zero-order valence-corrected chi connectivity index (χ0v) is 46.4. The number of benzene rings is 13. The first-order valence-electron chi connectivity index (χ1n) is 28.4. The zero-order valence-electron chi connectivity index (χ0n) is 44.7. The van der Waals surface area contributed by atoms with Crippen molar-refractivity contribution in [3.63, 3.8) is 0 Å². The predicted octanol–water partition coefficient (Wildman–Crippen LogP) is 16.9. The first-order valence-corrected chi connectivity index (χ1v) is 30.0. The second kappa shape index (κ2) is 17.8. The Morgan fingerprint density at radius 2 is 0.869 bits per heavy atom. The average molecular weight is 1110 g/mol. The largest absolute Gasteiger partial charge is 0.458 e. The normalized spacial score (nSPS) is 13.4. The molecule has 84 heavy (non-hydrogen) atoms. The van der Waals surface area contributed by atoms with Crippen LogP contribution in [0.25, 0.3) is 65.4 Å². The molecule has 0 aliphatic carbocycles. The quantitative estimate of drug-likeness (QED) is 0.153. The summed E-state index contributed by atoms with van der Waals surface area (Å²) in [6.07, 6.45) is 0. The summed E-state index contributed by atoms with van der Waals surface area (Å²) in [6.45, 7) is -0.428. The SMILES string of the molecule is c1ccc(Sc2ccc3cc4oc5c6c7c(cc5c4cc3c2)Oc2cc3c(cc2B7c2ccccc2O6)B2c4ccccc4N(c4ccccc4)c4c2c(cc2c4oc4cc5ccc(Sc6ccccc6)cc5cc42)N3c2ccccc2)cc1. The highest BCUT2D eigenvalue weighted by Crippen LogP contribution is 2.52. The van der Waals surface area contributed by atoms with E-state index in [1.807, 2.05) is 0 Å². The second-order valence-electron chi connectivity index (χ2n) is 22.2. The Hall–Kier alpha value is -9.99. The van der Waals surface area contributed by atoms with E-state index in [0.29, 0.717) is 11.3 Å². The third kappa shape index (κ3) is 6.86. The summed E-state index contributed by atoms with van der Waals surface area (Å²) in [7, 11) is 0. The van der Waals surface area contributed by atoms with E-state index in [9.17, 15) is 0 Å². The Kier molecular flexibility index (Phi) is 9.85. The Balaban J connectivity index is 0.853. The molecule has 0 amide bonds. The lowest BCUT2D eigenvalue weighted by atomic mass is 9.31. The molecule has 0 fully saturated rings. The van der Waals surface area contributed by atoms with E-state index in [-0.39, 0.29) is 13.4 Å². The molecular weight excluding hydrogens is 1070 g/mol. The van der Waals surface area contributed by atoms with E-state index in [0.717, 1.165) is 128 Å². The number of hydrogen-bond donors (Lipinski definition) is 0. The van der Waals surface area contributed by atoms with E-state index >= 15 is 0 Å². The first-order chi connectivity index (χ1) is 41.6. The molecule has 0 radical (unpaired) electrons. The standard InChI is InChI=1S/C74H42B2N2O4S2/c1-5-17-47(18-6-1)77-62-42-67-60(76-58-26-14-16-28-64(58)80-74-70(76)68(79-67)40-56-54-36-46-34-52(84-50-23-11-4-12-24-50)32-30-44(46)38-66(54)82-73(56)74)41-59(62)75-57-25-13-15-27-61(57)78(48-19-7-2-8-20-48)71-69(75)63(77)39-55-53-35-45-33-51(83-49-21-9-3-10-22-49)31-29-43(45)37-65(53)81-72(55)71/h1-42H. The molecule has 0 saturated carbocycles. The lowest BCUT2D eigenvalue weighted by molar-refractivity contribution is 0.462. The van der Waals surface area contributed by atoms with Gasteiger partial charge in [-0.1, -0.05) is 151 Å². The molecule has 4 aliphatic rings. The summed E-state index contributed by atoms with van der Waals surface area (Å²) < 4.78 is 28.9. The lowest BCUT2D eigenvalue weighted by Gasteiger charge is -2.44. The van der Waals surface area contributed by atoms with Crippen molar-refractivity contribution in [3.8, 4) is 23.0 Å². The third-order valence-electron chi connectivity index (χ3n) is 17.5. The number of nitrogens with zero attached hydrogens (tertiary/aromatic N) is 2. The summed E-state index contributed by atoms with van der Waals surface area (Å²) in [6, 6.07) is 92.0. The number of anilines is 6. The molecule has 0 atom stereocenters. The van der Waals surface area contributed by atoms with Crippen molar-refractivity contribution >= 4 is 169 Å². The average Bonchev–Trinajstić information content (AvgIpc) is 1.15. The van der Waals surface area contributed by atoms with E-state index in [4.69, 9.17) is 18.3 Å². The van der Waals surface area contributed by atoms with Crippen LogP contribution in [-0.2, 0) is 0 Å². The van der Waals surface area contributed by atoms with Gasteiger partial charge in [-0.25, -0.2) is 0 Å². The van der Waals surface area contributed by atoms with Crippen LogP contribution in [0.15, 0.2) is 283 Å². The molecule has 15 aromatic rings. The highest BCUT2D eigenvalue weighted by molar-refractivity contribution is 7.99. The van der Waals surface area contributed by atoms with Gasteiger partial charge >= 0.3 is 0 Å². The lowest BCUT2D eigenvalue weighted by Crippen LogP contribution is -2.63. The molecule has 13 aromatic carbocycles. The highest BCUT2D eigenvalue weighted by Gasteiger charge is 2.48. The number of furan rings is 2. The molecule has 0 spiro atoms. The maximum atomic E-state index is 7.45. The Morgan fingerprint density at radius 1 is 0.310 bits per heavy atom. The maximum absolute atomic E-state index is 7.45. The molecule has 0 saturated heterocycles. The van der Waals surface area contributed by atoms with Gasteiger partial charge < -0.3 is 28.1 Å². The number of ether oxygens (including phenoxy) is 2. The predicted molar refractivity (Wildman–Crippen MR) is 349 cm³/mol. The van der Waals surface area contributed by atoms with E-state index in [1.54, 1.807) is 23.5 Å². The molecule has 0 unspecified atom stereocenters. The Labute approximate surface area is 491 Å². The van der Waals surface area contributed by atoms with Gasteiger partial charge in [0.1, 0.15) is 28.4 Å². The molecule has 0 bridgehead atoms. The van der Waals surface area contributed by atoms with Crippen molar-refractivity contribution in [3.05, 3.63) is 255 Å². The highest BCUT2D eigenvalue weighted by atomic mass is 32.2. The van der Waals surface area contributed by atoms with Gasteiger partial charge in [-0.3, -0.25) is 0 Å². The first kappa shape index (κ1) is 46.6. The third-order valence-corrected chi connectivity index (χ3v) is 19.5. The topological polar surface area (TPSA) is 51.2 Å². The minimum atomic E-state index is -0.229. The number of fused-ring (bicyclic) bond motifs is 18. The minimum Gasteiger partial charge on any atom is -0.458 e. The van der Waals surface area contributed by atoms with Crippen molar-refractivity contribution in [2.24, 2.45) is 0 Å². The zero-order chi connectivity index (χ0) is 54.7. The molecule has 19 rings (SSSR count). The van der Waals surface area contributed by atoms with Crippen LogP contribution < -0.4 is 52.1 Å². The molecule has 6 nitrogen and oxygen atoms in total. The molecule has 390 valence electrons. The van der Waals surface area contributed by atoms with Crippen LogP contribution in [0.3, 0.4) is 0 Å². The van der Waals surface area contributed by atoms with Crippen LogP contribution in [-0.4, -0.2) is 13.4 Å². The Morgan fingerprint density at radius 3 is 1.54 bits per heavy atom. The summed E-state index contributed by atoms with van der Waals surface area (Å²) >= 11 is 3.55. The van der Waals surface area contributed by atoms with Gasteiger partial charge in [-0.15, -0.1) is 0 Å². The van der Waals surface area contributed by atoms with E-state index < -0.39 is 0 Å². The van der Waals surface area contributed by atoms with Gasteiger partial charge in [0.25, 0.3) is 13.4 Å². The molecule has 10 heteroatoms. The maximum Gasteiger partial charge on any atom is 0.260 e. The molecule has 4 aliphatic heterocycles. The fourth-order valence-electron chi connectivity index (χ4n) is 14.0. The monoisotopic (exact) mass is 1110 g/mol. The van der Waals surface area contributed by atoms with Crippen molar-refractivity contribution in [2.45, 2.75) is 19.6 Å². The fourth-order valence-corrected chi connectivity index (χ4v) is 15.7. The van der Waals surface area contributed by atoms with Crippen LogP contribution in [0, 0.1) is 0 Å². The number of rotatable bonds is 6. The molecule has 6 heterocycles. The van der Waals surface area contributed by atoms with E-state index in [2.05, 4.69) is 265 Å². The Bertz CT molecular complexity index is 5310. The van der Waals surface area contributed by atoms with Gasteiger partial charge in [-0.05, 0) is 170 Å². The molecule has 0 N–H and O–H groups in total. The number of hydrogen-bond acceptors (Lipinski definition) is 8. The minimum absolute atomic E-state index is 0.199. The van der Waals surface area contributed by atoms with Crippen LogP contribution in [0.5, 0.6) is 23.0 Å². The molecule has 2 aromatic heterocycles. The van der Waals surface area contributed by atoms with Crippen LogP contribution in [0.4, 0.5) is 34.1 Å². The number of para-hydroxylation sites is 4. The van der Waals surface area contributed by atoms with Crippen LogP contribution >= 0.6 is 23.5 Å². The smallest absolute Gasteiger partial charge is 0.260 e. The summed E-state index contributed by atoms with van der Waals surface area (Å²) in [4.78, 5) is 9.69. The summed E-state index contributed by atoms with van der Waals surface area (Å²) in [5.74, 6) is 3.06. The van der Waals surface area contributed by atoms with Gasteiger partial charge in [0, 0.05) is 81.1 Å². The molecular formula is C74H42B2N2O4S2. The van der Waals surface area contributed by atoms with E-state index in [1.165, 1.54) is 36.0 Å². The summed E-state index contributed by atoms with van der Waals surface area (Å²) in [5.41, 5.74) is 16.3. The van der Waals surface area contributed by atoms with Gasteiger partial charge in [0.15, 0.2) is 16.9 Å². The van der Waals surface area contributed by atoms with Crippen molar-refractivity contribution in [1.29, 1.82) is 0 Å². The van der Waals surface area contributed by atoms with Gasteiger partial charge in [0.2, 0.25) is 0 Å². The summed E-state index contributed by atoms with van der Waals surface area (Å²) in [5, 5.41) is 8.62. The van der Waals surface area contributed by atoms with Gasteiger partial charge in [0.05, 0.1) is 5.69 Å². The van der Waals surface area contributed by atoms with Crippen molar-refractivity contribution < 1.29 is 18.3 Å². The van der Waals surface area contributed by atoms with Crippen LogP contribution in [0.2, 0.25) is 0 Å². The van der Waals surface area contributed by atoms with Crippen LogP contribution in [0.1, 0.15) is 0 Å². The fraction of sp³-hybridized carbons (Fsp3) is 0. The van der Waals surface area contributed by atoms with Crippen molar-refractivity contribution in [1.82, 2.24) is 0 Å². The van der Waals surface area contributed by atoms with Crippen molar-refractivity contribution in [2.75, 3.05) is 9.80 Å².